The zero-order valence-corrected chi connectivity index (χ0v) is 15.6. The van der Waals surface area contributed by atoms with Gasteiger partial charge in [-0.05, 0) is 45.7 Å². The van der Waals surface area contributed by atoms with Crippen LogP contribution in [0.3, 0.4) is 0 Å². The van der Waals surface area contributed by atoms with Gasteiger partial charge >= 0.3 is 5.97 Å². The van der Waals surface area contributed by atoms with Gasteiger partial charge in [0.05, 0.1) is 18.1 Å². The highest BCUT2D eigenvalue weighted by Gasteiger charge is 2.33. The lowest BCUT2D eigenvalue weighted by Gasteiger charge is -2.37. The summed E-state index contributed by atoms with van der Waals surface area (Å²) in [4.78, 5) is 32.4. The zero-order chi connectivity index (χ0) is 18.8. The van der Waals surface area contributed by atoms with E-state index in [1.165, 1.54) is 0 Å². The molecule has 7 nitrogen and oxygen atoms in total. The summed E-state index contributed by atoms with van der Waals surface area (Å²) in [5, 5.41) is 9.29. The molecule has 0 spiro atoms. The van der Waals surface area contributed by atoms with Crippen molar-refractivity contribution in [1.82, 2.24) is 9.88 Å². The molecular formula is C19H27N3O4. The number of carboxylic acid groups (broad SMARTS) is 1. The average Bonchev–Trinajstić information content (AvgIpc) is 2.60. The molecule has 0 bridgehead atoms. The molecule has 0 aliphatic carbocycles. The van der Waals surface area contributed by atoms with Crippen LogP contribution in [-0.4, -0.2) is 64.8 Å². The Balaban J connectivity index is 1.78. The highest BCUT2D eigenvalue weighted by molar-refractivity contribution is 5.93. The van der Waals surface area contributed by atoms with Gasteiger partial charge in [-0.2, -0.15) is 0 Å². The Labute approximate surface area is 153 Å². The fourth-order valence-electron chi connectivity index (χ4n) is 3.86. The van der Waals surface area contributed by atoms with Gasteiger partial charge in [0.15, 0.2) is 0 Å². The molecule has 1 aromatic rings. The van der Waals surface area contributed by atoms with Crippen molar-refractivity contribution < 1.29 is 19.4 Å². The molecule has 7 heteroatoms. The van der Waals surface area contributed by atoms with Gasteiger partial charge in [0.1, 0.15) is 5.69 Å². The molecule has 4 unspecified atom stereocenters. The Hall–Kier alpha value is -2.15. The molecule has 26 heavy (non-hydrogen) atoms. The Morgan fingerprint density at radius 2 is 1.85 bits per heavy atom. The molecule has 2 saturated heterocycles. The summed E-state index contributed by atoms with van der Waals surface area (Å²) in [6.45, 7) is 7.82. The maximum atomic E-state index is 13.0. The minimum Gasteiger partial charge on any atom is -0.481 e. The van der Waals surface area contributed by atoms with Crippen molar-refractivity contribution in [3.05, 3.63) is 24.0 Å². The Morgan fingerprint density at radius 1 is 1.15 bits per heavy atom. The van der Waals surface area contributed by atoms with E-state index in [9.17, 15) is 14.7 Å². The molecule has 2 aliphatic rings. The number of likely N-dealkylation sites (tertiary alicyclic amines) is 1. The molecule has 1 N–H and O–H groups in total. The molecule has 142 valence electrons. The molecule has 0 aromatic carbocycles. The molecule has 0 saturated carbocycles. The summed E-state index contributed by atoms with van der Waals surface area (Å²) in [7, 11) is 0. The number of hydrogen-bond donors (Lipinski definition) is 1. The predicted octanol–water partition coefficient (Wildman–Crippen LogP) is 2.02. The van der Waals surface area contributed by atoms with Gasteiger partial charge in [0.25, 0.3) is 5.91 Å². The fraction of sp³-hybridized carbons (Fsp3) is 0.632. The minimum absolute atomic E-state index is 0.0204. The van der Waals surface area contributed by atoms with Crippen LogP contribution < -0.4 is 4.90 Å². The fourth-order valence-corrected chi connectivity index (χ4v) is 3.86. The predicted molar refractivity (Wildman–Crippen MR) is 97.3 cm³/mol. The van der Waals surface area contributed by atoms with Crippen molar-refractivity contribution >= 4 is 17.6 Å². The lowest BCUT2D eigenvalue weighted by molar-refractivity contribution is -0.143. The number of aromatic nitrogens is 1. The van der Waals surface area contributed by atoms with E-state index in [0.717, 1.165) is 18.8 Å². The highest BCUT2D eigenvalue weighted by Crippen LogP contribution is 2.25. The first-order chi connectivity index (χ1) is 12.3. The van der Waals surface area contributed by atoms with E-state index in [2.05, 4.69) is 9.88 Å². The second-order valence-corrected chi connectivity index (χ2v) is 7.48. The van der Waals surface area contributed by atoms with Crippen LogP contribution in [0.25, 0.3) is 0 Å². The van der Waals surface area contributed by atoms with Crippen LogP contribution in [0.4, 0.5) is 5.69 Å². The summed E-state index contributed by atoms with van der Waals surface area (Å²) in [6.07, 6.45) is 3.21. The first-order valence-corrected chi connectivity index (χ1v) is 9.25. The smallest absolute Gasteiger partial charge is 0.308 e. The number of nitrogens with zero attached hydrogens (tertiary/aromatic N) is 3. The molecular weight excluding hydrogens is 334 g/mol. The zero-order valence-electron chi connectivity index (χ0n) is 15.6. The second kappa shape index (κ2) is 7.61. The topological polar surface area (TPSA) is 83.0 Å². The SMILES string of the molecule is CC1CN(c2ccnc(C(=O)N3CC(C(=O)O)CCC3C)c2)CC(C)O1. The van der Waals surface area contributed by atoms with E-state index in [1.807, 2.05) is 32.9 Å². The van der Waals surface area contributed by atoms with E-state index in [0.29, 0.717) is 18.5 Å². The molecule has 0 radical (unpaired) electrons. The van der Waals surface area contributed by atoms with Crippen LogP contribution in [0.5, 0.6) is 0 Å². The second-order valence-electron chi connectivity index (χ2n) is 7.48. The van der Waals surface area contributed by atoms with Crippen LogP contribution in [0.15, 0.2) is 18.3 Å². The largest absolute Gasteiger partial charge is 0.481 e. The first kappa shape index (κ1) is 18.6. The number of aliphatic carboxylic acids is 1. The van der Waals surface area contributed by atoms with Crippen LogP contribution in [-0.2, 0) is 9.53 Å². The summed E-state index contributed by atoms with van der Waals surface area (Å²) in [5.74, 6) is -1.54. The van der Waals surface area contributed by atoms with E-state index in [-0.39, 0.29) is 30.7 Å². The summed E-state index contributed by atoms with van der Waals surface area (Å²) in [5.41, 5.74) is 1.32. The highest BCUT2D eigenvalue weighted by atomic mass is 16.5. The van der Waals surface area contributed by atoms with Crippen molar-refractivity contribution in [3.8, 4) is 0 Å². The summed E-state index contributed by atoms with van der Waals surface area (Å²) < 4.78 is 5.77. The normalized spacial score (nSPS) is 29.5. The molecule has 2 fully saturated rings. The number of pyridine rings is 1. The van der Waals surface area contributed by atoms with E-state index in [1.54, 1.807) is 11.1 Å². The number of hydrogen-bond acceptors (Lipinski definition) is 5. The maximum Gasteiger partial charge on any atom is 0.308 e. The third kappa shape index (κ3) is 3.98. The van der Waals surface area contributed by atoms with Gasteiger partial charge in [0, 0.05) is 37.6 Å². The summed E-state index contributed by atoms with van der Waals surface area (Å²) in [6, 6.07) is 3.73. The lowest BCUT2D eigenvalue weighted by Crippen LogP contribution is -2.48. The van der Waals surface area contributed by atoms with Crippen LogP contribution in [0.1, 0.15) is 44.1 Å². The third-order valence-electron chi connectivity index (χ3n) is 5.24. The number of rotatable bonds is 3. The van der Waals surface area contributed by atoms with E-state index >= 15 is 0 Å². The number of carbonyl (C=O) groups is 2. The van der Waals surface area contributed by atoms with E-state index in [4.69, 9.17) is 4.74 Å². The van der Waals surface area contributed by atoms with Crippen LogP contribution in [0, 0.1) is 5.92 Å². The Bertz CT molecular complexity index is 671. The molecule has 3 heterocycles. The maximum absolute atomic E-state index is 13.0. The number of piperidine rings is 1. The van der Waals surface area contributed by atoms with Crippen molar-refractivity contribution in [2.24, 2.45) is 5.92 Å². The van der Waals surface area contributed by atoms with Gasteiger partial charge in [-0.15, -0.1) is 0 Å². The first-order valence-electron chi connectivity index (χ1n) is 9.25. The Kier molecular flexibility index (Phi) is 5.46. The lowest BCUT2D eigenvalue weighted by atomic mass is 9.93. The average molecular weight is 361 g/mol. The van der Waals surface area contributed by atoms with Gasteiger partial charge in [-0.1, -0.05) is 0 Å². The number of anilines is 1. The molecule has 2 aliphatic heterocycles. The van der Waals surface area contributed by atoms with Gasteiger partial charge in [-0.3, -0.25) is 14.6 Å². The van der Waals surface area contributed by atoms with Gasteiger partial charge in [0.2, 0.25) is 0 Å². The monoisotopic (exact) mass is 361 g/mol. The van der Waals surface area contributed by atoms with E-state index < -0.39 is 11.9 Å². The Morgan fingerprint density at radius 3 is 2.50 bits per heavy atom. The third-order valence-corrected chi connectivity index (χ3v) is 5.24. The molecule has 3 rings (SSSR count). The minimum atomic E-state index is -0.840. The van der Waals surface area contributed by atoms with Crippen molar-refractivity contribution in [3.63, 3.8) is 0 Å². The van der Waals surface area contributed by atoms with Crippen LogP contribution in [0.2, 0.25) is 0 Å². The standard InChI is InChI=1S/C19H27N3O4/c1-12-4-5-15(19(24)25)11-22(12)18(23)17-8-16(6-7-20-17)21-9-13(2)26-14(3)10-21/h6-8,12-15H,4-5,9-11H2,1-3H3,(H,24,25). The van der Waals surface area contributed by atoms with Gasteiger partial charge < -0.3 is 19.6 Å². The van der Waals surface area contributed by atoms with Crippen molar-refractivity contribution in [2.75, 3.05) is 24.5 Å². The van der Waals surface area contributed by atoms with Gasteiger partial charge in [-0.25, -0.2) is 0 Å². The van der Waals surface area contributed by atoms with Crippen LogP contribution >= 0.6 is 0 Å². The molecule has 4 atom stereocenters. The van der Waals surface area contributed by atoms with Crippen molar-refractivity contribution in [1.29, 1.82) is 0 Å². The number of morpholine rings is 1. The number of amides is 1. The number of carbonyl (C=O) groups excluding carboxylic acids is 1. The number of carboxylic acids is 1. The molecule has 1 amide bonds. The number of ether oxygens (including phenoxy) is 1. The molecule has 1 aromatic heterocycles. The van der Waals surface area contributed by atoms with Crippen molar-refractivity contribution in [2.45, 2.75) is 51.9 Å². The quantitative estimate of drug-likeness (QED) is 0.887. The summed E-state index contributed by atoms with van der Waals surface area (Å²) >= 11 is 0.